The van der Waals surface area contributed by atoms with Crippen LogP contribution >= 0.6 is 11.3 Å². The second-order valence-electron chi connectivity index (χ2n) is 8.05. The van der Waals surface area contributed by atoms with Gasteiger partial charge < -0.3 is 4.74 Å². The Morgan fingerprint density at radius 3 is 2.79 bits per heavy atom. The minimum absolute atomic E-state index is 0.106. The van der Waals surface area contributed by atoms with Gasteiger partial charge >= 0.3 is 5.69 Å². The summed E-state index contributed by atoms with van der Waals surface area (Å²) < 4.78 is 5.03. The number of nitrogens with zero attached hydrogens (tertiary/aromatic N) is 3. The predicted octanol–water partition coefficient (Wildman–Crippen LogP) is 5.44. The highest BCUT2D eigenvalue weighted by Crippen LogP contribution is 2.44. The van der Waals surface area contributed by atoms with Crippen LogP contribution in [-0.2, 0) is 12.8 Å². The van der Waals surface area contributed by atoms with Gasteiger partial charge in [-0.2, -0.15) is 5.26 Å². The number of hydrogen-bond acceptors (Lipinski definition) is 6. The van der Waals surface area contributed by atoms with Crippen molar-refractivity contribution in [2.24, 2.45) is 16.3 Å². The monoisotopic (exact) mass is 397 g/mol. The lowest BCUT2D eigenvalue weighted by atomic mass is 9.72. The fraction of sp³-hybridized carbons (Fsp3) is 0.429. The summed E-state index contributed by atoms with van der Waals surface area (Å²) in [6, 6.07) is 7.00. The molecule has 0 unspecified atom stereocenters. The van der Waals surface area contributed by atoms with E-state index < -0.39 is 4.92 Å². The smallest absolute Gasteiger partial charge is 0.311 e. The molecule has 1 aliphatic carbocycles. The molecule has 0 fully saturated rings. The van der Waals surface area contributed by atoms with Gasteiger partial charge in [-0.3, -0.25) is 10.1 Å². The van der Waals surface area contributed by atoms with Gasteiger partial charge in [0, 0.05) is 17.2 Å². The number of rotatable bonds is 4. The van der Waals surface area contributed by atoms with Crippen LogP contribution in [0.25, 0.3) is 0 Å². The summed E-state index contributed by atoms with van der Waals surface area (Å²) in [5.74, 6) is 0.797. The topological polar surface area (TPSA) is 88.5 Å². The number of aliphatic imine (C=N–C) groups is 1. The lowest BCUT2D eigenvalue weighted by molar-refractivity contribution is -0.385. The number of nitriles is 1. The fourth-order valence-corrected chi connectivity index (χ4v) is 4.80. The van der Waals surface area contributed by atoms with Crippen molar-refractivity contribution in [3.05, 3.63) is 49.9 Å². The van der Waals surface area contributed by atoms with Crippen molar-refractivity contribution in [1.29, 1.82) is 5.26 Å². The van der Waals surface area contributed by atoms with Crippen molar-refractivity contribution in [3.63, 3.8) is 0 Å². The highest BCUT2D eigenvalue weighted by Gasteiger charge is 2.32. The van der Waals surface area contributed by atoms with E-state index in [0.29, 0.717) is 22.0 Å². The molecule has 0 amide bonds. The van der Waals surface area contributed by atoms with Crippen LogP contribution in [0.4, 0.5) is 10.7 Å². The molecule has 0 saturated carbocycles. The Kier molecular flexibility index (Phi) is 5.52. The number of nitro benzene ring substituents is 1. The van der Waals surface area contributed by atoms with Crippen molar-refractivity contribution < 1.29 is 9.66 Å². The number of methoxy groups -OCH3 is 1. The first-order chi connectivity index (χ1) is 13.2. The van der Waals surface area contributed by atoms with Crippen LogP contribution in [-0.4, -0.2) is 18.2 Å². The maximum atomic E-state index is 11.2. The summed E-state index contributed by atoms with van der Waals surface area (Å²) >= 11 is 1.56. The molecule has 0 aliphatic heterocycles. The van der Waals surface area contributed by atoms with E-state index in [-0.39, 0.29) is 16.9 Å². The van der Waals surface area contributed by atoms with E-state index in [1.54, 1.807) is 29.7 Å². The van der Waals surface area contributed by atoms with Crippen LogP contribution in [0.3, 0.4) is 0 Å². The normalized spacial score (nSPS) is 16.6. The second kappa shape index (κ2) is 7.72. The van der Waals surface area contributed by atoms with Gasteiger partial charge in [0.15, 0.2) is 5.75 Å². The number of nitro groups is 1. The Morgan fingerprint density at radius 1 is 1.43 bits per heavy atom. The van der Waals surface area contributed by atoms with Gasteiger partial charge in [0.25, 0.3) is 0 Å². The highest BCUT2D eigenvalue weighted by atomic mass is 32.1. The SMILES string of the molecule is COc1ccc(C=Nc2sc3c(c2C#N)CC[C@H](C(C)(C)C)C3)cc1[N+](=O)[O-]. The summed E-state index contributed by atoms with van der Waals surface area (Å²) in [5.41, 5.74) is 2.49. The highest BCUT2D eigenvalue weighted by molar-refractivity contribution is 7.16. The van der Waals surface area contributed by atoms with Crippen molar-refractivity contribution in [3.8, 4) is 11.8 Å². The fourth-order valence-electron chi connectivity index (χ4n) is 3.58. The van der Waals surface area contributed by atoms with E-state index in [9.17, 15) is 15.4 Å². The molecule has 3 rings (SSSR count). The molecule has 1 aromatic carbocycles. The van der Waals surface area contributed by atoms with Crippen molar-refractivity contribution in [1.82, 2.24) is 0 Å². The van der Waals surface area contributed by atoms with Crippen LogP contribution in [0, 0.1) is 32.8 Å². The van der Waals surface area contributed by atoms with E-state index in [0.717, 1.165) is 24.8 Å². The Labute approximate surface area is 168 Å². The van der Waals surface area contributed by atoms with E-state index in [4.69, 9.17) is 4.74 Å². The molecular formula is C21H23N3O3S. The predicted molar refractivity (Wildman–Crippen MR) is 111 cm³/mol. The summed E-state index contributed by atoms with van der Waals surface area (Å²) in [4.78, 5) is 16.5. The molecule has 0 spiro atoms. The van der Waals surface area contributed by atoms with E-state index >= 15 is 0 Å². The largest absolute Gasteiger partial charge is 0.490 e. The third-order valence-corrected chi connectivity index (χ3v) is 6.48. The standard InChI is InChI=1S/C21H23N3O3S/c1-21(2,3)14-6-7-15-16(11-22)20(28-19(15)10-14)23-12-13-5-8-18(27-4)17(9-13)24(25)26/h5,8-9,12,14H,6-7,10H2,1-4H3/t14-/m0/s1. The molecule has 2 aromatic rings. The Balaban J connectivity index is 1.92. The average Bonchev–Trinajstić information content (AvgIpc) is 3.01. The molecule has 1 atom stereocenters. The van der Waals surface area contributed by atoms with Crippen LogP contribution in [0.15, 0.2) is 23.2 Å². The van der Waals surface area contributed by atoms with Gasteiger partial charge in [0.05, 0.1) is 17.6 Å². The lowest BCUT2D eigenvalue weighted by Gasteiger charge is -2.33. The number of ether oxygens (including phenoxy) is 1. The first-order valence-corrected chi connectivity index (χ1v) is 9.97. The van der Waals surface area contributed by atoms with E-state index in [1.807, 2.05) is 0 Å². The Hall–Kier alpha value is -2.72. The number of thiophene rings is 1. The maximum Gasteiger partial charge on any atom is 0.311 e. The zero-order chi connectivity index (χ0) is 20.5. The minimum atomic E-state index is -0.479. The number of hydrogen-bond donors (Lipinski definition) is 0. The van der Waals surface area contributed by atoms with Crippen LogP contribution in [0.2, 0.25) is 0 Å². The van der Waals surface area contributed by atoms with Crippen molar-refractivity contribution >= 4 is 28.2 Å². The number of benzene rings is 1. The summed E-state index contributed by atoms with van der Waals surface area (Å²) in [5, 5.41) is 21.5. The first kappa shape index (κ1) is 20.0. The molecule has 1 aliphatic rings. The Bertz CT molecular complexity index is 980. The molecule has 0 N–H and O–H groups in total. The third kappa shape index (κ3) is 3.92. The van der Waals surface area contributed by atoms with Gasteiger partial charge in [0.1, 0.15) is 11.1 Å². The molecular weight excluding hydrogens is 374 g/mol. The zero-order valence-corrected chi connectivity index (χ0v) is 17.3. The molecule has 0 saturated heterocycles. The summed E-state index contributed by atoms with van der Waals surface area (Å²) in [6.45, 7) is 6.78. The van der Waals surface area contributed by atoms with Crippen molar-refractivity contribution in [2.45, 2.75) is 40.0 Å². The van der Waals surface area contributed by atoms with Crippen molar-refractivity contribution in [2.75, 3.05) is 7.11 Å². The third-order valence-electron chi connectivity index (χ3n) is 5.31. The zero-order valence-electron chi connectivity index (χ0n) is 16.5. The molecule has 28 heavy (non-hydrogen) atoms. The molecule has 0 radical (unpaired) electrons. The maximum absolute atomic E-state index is 11.2. The van der Waals surface area contributed by atoms with E-state index in [1.165, 1.54) is 18.1 Å². The first-order valence-electron chi connectivity index (χ1n) is 9.15. The van der Waals surface area contributed by atoms with Crippen LogP contribution in [0.1, 0.15) is 48.8 Å². The molecule has 6 nitrogen and oxygen atoms in total. The van der Waals surface area contributed by atoms with Crippen LogP contribution in [0.5, 0.6) is 5.75 Å². The second-order valence-corrected chi connectivity index (χ2v) is 9.13. The molecule has 146 valence electrons. The van der Waals surface area contributed by atoms with Crippen LogP contribution < -0.4 is 4.74 Å². The molecule has 1 aromatic heterocycles. The quantitative estimate of drug-likeness (QED) is 0.390. The van der Waals surface area contributed by atoms with Gasteiger partial charge in [0.2, 0.25) is 0 Å². The average molecular weight is 398 g/mol. The lowest BCUT2D eigenvalue weighted by Crippen LogP contribution is -2.26. The number of fused-ring (bicyclic) bond motifs is 1. The van der Waals surface area contributed by atoms with Gasteiger partial charge in [-0.1, -0.05) is 20.8 Å². The van der Waals surface area contributed by atoms with Gasteiger partial charge in [-0.25, -0.2) is 4.99 Å². The molecule has 0 bridgehead atoms. The summed E-state index contributed by atoms with van der Waals surface area (Å²) in [7, 11) is 1.40. The summed E-state index contributed by atoms with van der Waals surface area (Å²) in [6.07, 6.45) is 4.53. The van der Waals surface area contributed by atoms with Gasteiger partial charge in [-0.05, 0) is 53.9 Å². The Morgan fingerprint density at radius 2 is 2.18 bits per heavy atom. The van der Waals surface area contributed by atoms with Gasteiger partial charge in [-0.15, -0.1) is 11.3 Å². The van der Waals surface area contributed by atoms with E-state index in [2.05, 4.69) is 31.8 Å². The molecule has 1 heterocycles. The molecule has 7 heteroatoms. The minimum Gasteiger partial charge on any atom is -0.490 e.